The maximum absolute atomic E-state index is 0. The van der Waals surface area contributed by atoms with Crippen molar-refractivity contribution in [3.8, 4) is 0 Å². The Morgan fingerprint density at radius 1 is 0.286 bits per heavy atom. The summed E-state index contributed by atoms with van der Waals surface area (Å²) in [5, 5.41) is 0. The quantitative estimate of drug-likeness (QED) is 0.348. The summed E-state index contributed by atoms with van der Waals surface area (Å²) in [5.41, 5.74) is 0. The van der Waals surface area contributed by atoms with E-state index in [0.717, 1.165) is 0 Å². The van der Waals surface area contributed by atoms with E-state index in [1.165, 1.54) is 0 Å². The molecule has 0 saturated heterocycles. The second-order valence-corrected chi connectivity index (χ2v) is 0. The Labute approximate surface area is 147 Å². The molecule has 4 radical (unpaired) electrons. The predicted octanol–water partition coefficient (Wildman–Crippen LogP) is -0.0175. The van der Waals surface area contributed by atoms with Crippen molar-refractivity contribution in [2.45, 2.75) is 0 Å². The molecule has 0 amide bonds. The largest absolute Gasteiger partial charge is 0 e. The van der Waals surface area contributed by atoms with Crippen LogP contribution in [-0.2, 0) is 150 Å². The van der Waals surface area contributed by atoms with Crippen molar-refractivity contribution in [2.75, 3.05) is 0 Å². The Kier molecular flexibility index (Phi) is 380. The zero-order valence-corrected chi connectivity index (χ0v) is 19.2. The van der Waals surface area contributed by atoms with Crippen LogP contribution in [0.25, 0.3) is 0 Å². The third-order valence-electron chi connectivity index (χ3n) is 0. The van der Waals surface area contributed by atoms with Gasteiger partial charge >= 0.3 is 0 Å². The number of rotatable bonds is 0. The first-order chi connectivity index (χ1) is 0. The van der Waals surface area contributed by atoms with Gasteiger partial charge in [0.05, 0.1) is 0 Å². The average molecular weight is 591 g/mol. The van der Waals surface area contributed by atoms with E-state index >= 15 is 0 Å². The van der Waals surface area contributed by atoms with Gasteiger partial charge in [0.25, 0.3) is 0 Å². The molecule has 0 unspecified atom stereocenters. The van der Waals surface area contributed by atoms with Gasteiger partial charge in [-0.25, -0.2) is 0 Å². The summed E-state index contributed by atoms with van der Waals surface area (Å²) in [7, 11) is 0. The Morgan fingerprint density at radius 2 is 0.286 bits per heavy atom. The van der Waals surface area contributed by atoms with Gasteiger partial charge in [-0.1, -0.05) is 0 Å². The SMILES string of the molecule is [Cd].[Cd].[Cd].[Cu].[Cu].[Cu].[Cu]. The Morgan fingerprint density at radius 3 is 0.286 bits per heavy atom. The van der Waals surface area contributed by atoms with E-state index in [4.69, 9.17) is 0 Å². The van der Waals surface area contributed by atoms with Crippen LogP contribution in [0.15, 0.2) is 0 Å². The molecular weight excluding hydrogens is 591 g/mol. The van der Waals surface area contributed by atoms with Crippen molar-refractivity contribution in [2.24, 2.45) is 0 Å². The molecule has 0 atom stereocenters. The van der Waals surface area contributed by atoms with Gasteiger partial charge in [-0.05, 0) is 0 Å². The molecule has 7 heavy (non-hydrogen) atoms. The summed E-state index contributed by atoms with van der Waals surface area (Å²) in [4.78, 5) is 0. The first-order valence-corrected chi connectivity index (χ1v) is 0. The van der Waals surface area contributed by atoms with E-state index in [-0.39, 0.29) is 150 Å². The molecular formula is Cd3Cu4. The summed E-state index contributed by atoms with van der Waals surface area (Å²) in [6.45, 7) is 0. The summed E-state index contributed by atoms with van der Waals surface area (Å²) in [5.74, 6) is 0. The van der Waals surface area contributed by atoms with Gasteiger partial charge in [0.2, 0.25) is 0 Å². The van der Waals surface area contributed by atoms with Crippen molar-refractivity contribution in [1.29, 1.82) is 0 Å². The standard InChI is InChI=1S/3Cd.4Cu. The molecule has 0 aliphatic carbocycles. The fourth-order valence-electron chi connectivity index (χ4n) is 0. The first-order valence-electron chi connectivity index (χ1n) is 0. The monoisotopic (exact) mass is 593 g/mol. The predicted molar refractivity (Wildman–Crippen MR) is 0 cm³/mol. The van der Waals surface area contributed by atoms with E-state index < -0.39 is 0 Å². The molecule has 50 valence electrons. The fourth-order valence-corrected chi connectivity index (χ4v) is 0. The molecule has 0 aliphatic rings. The maximum Gasteiger partial charge on any atom is 0 e. The van der Waals surface area contributed by atoms with Crippen molar-refractivity contribution in [1.82, 2.24) is 0 Å². The third kappa shape index (κ3) is 36.1. The zero-order valence-electron chi connectivity index (χ0n) is 3.33. The first kappa shape index (κ1) is 59.4. The maximum atomic E-state index is 0. The van der Waals surface area contributed by atoms with Crippen LogP contribution in [-0.4, -0.2) is 0 Å². The van der Waals surface area contributed by atoms with E-state index in [2.05, 4.69) is 0 Å². The van der Waals surface area contributed by atoms with Crippen molar-refractivity contribution in [3.05, 3.63) is 0 Å². The average Bonchev–Trinajstić information content (AvgIpc) is 0. The van der Waals surface area contributed by atoms with Gasteiger partial charge in [0, 0.05) is 150 Å². The molecule has 7 heteroatoms. The van der Waals surface area contributed by atoms with Crippen LogP contribution in [0.5, 0.6) is 0 Å². The minimum atomic E-state index is 0. The summed E-state index contributed by atoms with van der Waals surface area (Å²) in [6, 6.07) is 0. The van der Waals surface area contributed by atoms with E-state index in [9.17, 15) is 0 Å². The molecule has 0 N–H and O–H groups in total. The molecule has 0 aliphatic heterocycles. The van der Waals surface area contributed by atoms with Crippen molar-refractivity contribution in [3.63, 3.8) is 0 Å². The summed E-state index contributed by atoms with van der Waals surface area (Å²) >= 11 is 0. The van der Waals surface area contributed by atoms with Gasteiger partial charge in [0.1, 0.15) is 0 Å². The zero-order chi connectivity index (χ0) is 0. The Balaban J connectivity index is 0. The molecule has 0 nitrogen and oxygen atoms in total. The molecule has 0 fully saturated rings. The van der Waals surface area contributed by atoms with E-state index in [1.54, 1.807) is 0 Å². The van der Waals surface area contributed by atoms with Gasteiger partial charge in [0.15, 0.2) is 0 Å². The van der Waals surface area contributed by atoms with Crippen molar-refractivity contribution >= 4 is 0 Å². The minimum absolute atomic E-state index is 0. The van der Waals surface area contributed by atoms with Gasteiger partial charge in [-0.3, -0.25) is 0 Å². The molecule has 0 rings (SSSR count). The van der Waals surface area contributed by atoms with Crippen LogP contribution in [0.1, 0.15) is 0 Å². The van der Waals surface area contributed by atoms with Gasteiger partial charge < -0.3 is 0 Å². The normalized spacial score (nSPS) is 0. The molecule has 0 spiro atoms. The molecule has 0 heterocycles. The summed E-state index contributed by atoms with van der Waals surface area (Å²) < 4.78 is 0. The molecule has 0 bridgehead atoms. The Bertz CT molecular complexity index is 6.90. The number of hydrogen-bond donors (Lipinski definition) is 0. The van der Waals surface area contributed by atoms with E-state index in [1.807, 2.05) is 0 Å². The molecule has 0 aromatic rings. The van der Waals surface area contributed by atoms with Crippen LogP contribution >= 0.6 is 0 Å². The van der Waals surface area contributed by atoms with Crippen LogP contribution in [0.4, 0.5) is 0 Å². The van der Waals surface area contributed by atoms with E-state index in [0.29, 0.717) is 0 Å². The van der Waals surface area contributed by atoms with Gasteiger partial charge in [-0.2, -0.15) is 0 Å². The third-order valence-corrected chi connectivity index (χ3v) is 0. The van der Waals surface area contributed by atoms with Crippen LogP contribution in [0, 0.1) is 0 Å². The fraction of sp³-hybridized carbons (Fsp3) is 0. The second-order valence-electron chi connectivity index (χ2n) is 0. The van der Waals surface area contributed by atoms with Crippen LogP contribution in [0.3, 0.4) is 0 Å². The van der Waals surface area contributed by atoms with Crippen molar-refractivity contribution < 1.29 is 150 Å². The second kappa shape index (κ2) is 44.8. The smallest absolute Gasteiger partial charge is 0 e. The van der Waals surface area contributed by atoms with Gasteiger partial charge in [-0.15, -0.1) is 0 Å². The molecule has 0 saturated carbocycles. The summed E-state index contributed by atoms with van der Waals surface area (Å²) in [6.07, 6.45) is 0. The molecule has 0 aromatic carbocycles. The topological polar surface area (TPSA) is 0 Å². The molecule has 0 aromatic heterocycles. The number of hydrogen-bond acceptors (Lipinski definition) is 0. The Hall–Kier alpha value is 4.84. The minimum Gasteiger partial charge on any atom is 0 e. The van der Waals surface area contributed by atoms with Crippen LogP contribution < -0.4 is 0 Å². The van der Waals surface area contributed by atoms with Crippen LogP contribution in [0.2, 0.25) is 0 Å².